The normalized spacial score (nSPS) is 14.9. The van der Waals surface area contributed by atoms with Crippen LogP contribution in [0.15, 0.2) is 12.1 Å². The van der Waals surface area contributed by atoms with E-state index < -0.39 is 5.91 Å². The second kappa shape index (κ2) is 9.07. The summed E-state index contributed by atoms with van der Waals surface area (Å²) in [5, 5.41) is 0.898. The number of esters is 1. The topological polar surface area (TPSA) is 124 Å². The molecule has 0 radical (unpaired) electrons. The van der Waals surface area contributed by atoms with Gasteiger partial charge in [0.15, 0.2) is 6.61 Å². The molecule has 0 atom stereocenters. The number of nitrogen functional groups attached to an aromatic ring is 1. The summed E-state index contributed by atoms with van der Waals surface area (Å²) in [6.45, 7) is 5.52. The van der Waals surface area contributed by atoms with Crippen molar-refractivity contribution in [1.29, 1.82) is 0 Å². The van der Waals surface area contributed by atoms with Crippen LogP contribution in [0.25, 0.3) is 10.9 Å². The summed E-state index contributed by atoms with van der Waals surface area (Å²) < 4.78 is 4.78. The number of aryl methyl sites for hydroxylation is 2. The summed E-state index contributed by atoms with van der Waals surface area (Å²) >= 11 is 0. The summed E-state index contributed by atoms with van der Waals surface area (Å²) in [4.78, 5) is 33.6. The smallest absolute Gasteiger partial charge is 0.306 e. The Balaban J connectivity index is 1.52. The number of amides is 1. The zero-order chi connectivity index (χ0) is 21.0. The lowest BCUT2D eigenvalue weighted by Crippen LogP contribution is -2.35. The highest BCUT2D eigenvalue weighted by atomic mass is 16.5. The number of nitrogens with two attached hydrogens (primary N) is 2. The molecule has 156 valence electrons. The van der Waals surface area contributed by atoms with Gasteiger partial charge >= 0.3 is 5.97 Å². The summed E-state index contributed by atoms with van der Waals surface area (Å²) in [5.74, 6) is 0.758. The lowest BCUT2D eigenvalue weighted by molar-refractivity contribution is -0.147. The molecule has 0 unspecified atom stereocenters. The number of aromatic nitrogens is 2. The maximum absolute atomic E-state index is 11.5. The number of hydrogen-bond donors (Lipinski definition) is 2. The second-order valence-corrected chi connectivity index (χ2v) is 7.81. The molecule has 0 spiro atoms. The minimum atomic E-state index is -0.632. The molecule has 1 aromatic carbocycles. The summed E-state index contributed by atoms with van der Waals surface area (Å²) in [7, 11) is 0. The molecule has 0 aliphatic carbocycles. The Labute approximate surface area is 170 Å². The number of carbonyl (C=O) groups is 2. The third kappa shape index (κ3) is 5.34. The van der Waals surface area contributed by atoms with Crippen LogP contribution in [-0.2, 0) is 14.3 Å². The minimum Gasteiger partial charge on any atom is -0.456 e. The lowest BCUT2D eigenvalue weighted by atomic mass is 9.92. The number of carbonyl (C=O) groups excluding carboxylic acids is 2. The molecular formula is C21H29N5O3. The number of nitrogens with zero attached hydrogens (tertiary/aromatic N) is 3. The molecule has 2 heterocycles. The average Bonchev–Trinajstić information content (AvgIpc) is 2.68. The maximum atomic E-state index is 11.5. The van der Waals surface area contributed by atoms with Crippen molar-refractivity contribution in [2.75, 3.05) is 30.3 Å². The van der Waals surface area contributed by atoms with E-state index in [2.05, 4.69) is 29.8 Å². The van der Waals surface area contributed by atoms with Crippen molar-refractivity contribution in [3.8, 4) is 0 Å². The fourth-order valence-electron chi connectivity index (χ4n) is 3.72. The number of primary amides is 1. The van der Waals surface area contributed by atoms with Gasteiger partial charge in [-0.3, -0.25) is 9.59 Å². The van der Waals surface area contributed by atoms with Crippen molar-refractivity contribution >= 4 is 34.5 Å². The largest absolute Gasteiger partial charge is 0.456 e. The van der Waals surface area contributed by atoms with Crippen LogP contribution in [0.1, 0.15) is 43.2 Å². The lowest BCUT2D eigenvalue weighted by Gasteiger charge is -2.32. The Hall–Kier alpha value is -2.90. The average molecular weight is 399 g/mol. The van der Waals surface area contributed by atoms with E-state index in [1.807, 2.05) is 6.07 Å². The fourth-order valence-corrected chi connectivity index (χ4v) is 3.72. The summed E-state index contributed by atoms with van der Waals surface area (Å²) in [6.07, 6.45) is 4.06. The van der Waals surface area contributed by atoms with Gasteiger partial charge in [0.2, 0.25) is 5.95 Å². The molecule has 0 saturated carbocycles. The van der Waals surface area contributed by atoms with Crippen LogP contribution >= 0.6 is 0 Å². The molecule has 3 rings (SSSR count). The van der Waals surface area contributed by atoms with E-state index >= 15 is 0 Å². The van der Waals surface area contributed by atoms with E-state index in [0.29, 0.717) is 24.1 Å². The Morgan fingerprint density at radius 2 is 1.86 bits per heavy atom. The third-order valence-corrected chi connectivity index (χ3v) is 5.59. The predicted molar refractivity (Wildman–Crippen MR) is 112 cm³/mol. The van der Waals surface area contributed by atoms with Gasteiger partial charge in [0.25, 0.3) is 5.91 Å². The molecule has 1 fully saturated rings. The van der Waals surface area contributed by atoms with Crippen molar-refractivity contribution < 1.29 is 14.3 Å². The van der Waals surface area contributed by atoms with Crippen molar-refractivity contribution in [1.82, 2.24) is 9.97 Å². The number of ether oxygens (including phenoxy) is 1. The summed E-state index contributed by atoms with van der Waals surface area (Å²) in [6, 6.07) is 4.11. The van der Waals surface area contributed by atoms with Gasteiger partial charge in [-0.15, -0.1) is 0 Å². The highest BCUT2D eigenvalue weighted by Crippen LogP contribution is 2.28. The second-order valence-electron chi connectivity index (χ2n) is 7.81. The van der Waals surface area contributed by atoms with Crippen molar-refractivity contribution in [3.63, 3.8) is 0 Å². The predicted octanol–water partition coefficient (Wildman–Crippen LogP) is 2.24. The zero-order valence-electron chi connectivity index (χ0n) is 17.1. The number of fused-ring (bicyclic) bond motifs is 1. The highest BCUT2D eigenvalue weighted by molar-refractivity contribution is 5.90. The number of rotatable bonds is 7. The quantitative estimate of drug-likeness (QED) is 0.684. The molecule has 29 heavy (non-hydrogen) atoms. The van der Waals surface area contributed by atoms with Gasteiger partial charge in [0.1, 0.15) is 5.82 Å². The van der Waals surface area contributed by atoms with Gasteiger partial charge < -0.3 is 21.1 Å². The van der Waals surface area contributed by atoms with Gasteiger partial charge in [0.05, 0.1) is 5.52 Å². The maximum Gasteiger partial charge on any atom is 0.306 e. The van der Waals surface area contributed by atoms with Crippen molar-refractivity contribution in [2.24, 2.45) is 11.7 Å². The van der Waals surface area contributed by atoms with Crippen LogP contribution in [0.4, 0.5) is 11.8 Å². The Morgan fingerprint density at radius 1 is 1.17 bits per heavy atom. The van der Waals surface area contributed by atoms with Gasteiger partial charge in [-0.1, -0.05) is 0 Å². The van der Waals surface area contributed by atoms with Crippen molar-refractivity contribution in [2.45, 2.75) is 46.0 Å². The van der Waals surface area contributed by atoms with E-state index in [9.17, 15) is 9.59 Å². The summed E-state index contributed by atoms with van der Waals surface area (Å²) in [5.41, 5.74) is 14.4. The molecular weight excluding hydrogens is 370 g/mol. The first kappa shape index (κ1) is 20.8. The first-order chi connectivity index (χ1) is 13.8. The Bertz CT molecular complexity index is 907. The Morgan fingerprint density at radius 3 is 2.55 bits per heavy atom. The molecule has 1 aliphatic heterocycles. The number of benzene rings is 1. The van der Waals surface area contributed by atoms with E-state index in [0.717, 1.165) is 49.7 Å². The van der Waals surface area contributed by atoms with Gasteiger partial charge in [0, 0.05) is 24.9 Å². The van der Waals surface area contributed by atoms with Crippen LogP contribution in [-0.4, -0.2) is 41.5 Å². The van der Waals surface area contributed by atoms with Crippen LogP contribution in [0.5, 0.6) is 0 Å². The van der Waals surface area contributed by atoms with Crippen LogP contribution < -0.4 is 16.4 Å². The van der Waals surface area contributed by atoms with E-state index in [-0.39, 0.29) is 12.6 Å². The van der Waals surface area contributed by atoms with E-state index in [4.69, 9.17) is 21.2 Å². The Kier molecular flexibility index (Phi) is 6.51. The molecule has 8 heteroatoms. The first-order valence-electron chi connectivity index (χ1n) is 10.1. The third-order valence-electron chi connectivity index (χ3n) is 5.59. The molecule has 1 aliphatic rings. The number of anilines is 2. The molecule has 0 bridgehead atoms. The van der Waals surface area contributed by atoms with Crippen molar-refractivity contribution in [3.05, 3.63) is 23.3 Å². The zero-order valence-corrected chi connectivity index (χ0v) is 17.1. The van der Waals surface area contributed by atoms with E-state index in [1.165, 1.54) is 11.1 Å². The number of hydrogen-bond acceptors (Lipinski definition) is 7. The standard InChI is InChI=1S/C21H29N5O3/c1-13-10-16-17(11-14(13)2)24-21(25-20(16)23)26-8-6-15(7-9-26)4-3-5-19(28)29-12-18(22)27/h10-11,15H,3-9,12H2,1-2H3,(H2,22,27)(H2,23,24,25). The van der Waals surface area contributed by atoms with E-state index in [1.54, 1.807) is 0 Å². The van der Waals surface area contributed by atoms with Gasteiger partial charge in [-0.05, 0) is 68.7 Å². The number of piperidine rings is 1. The van der Waals surface area contributed by atoms with Gasteiger partial charge in [-0.2, -0.15) is 4.98 Å². The molecule has 2 aromatic rings. The highest BCUT2D eigenvalue weighted by Gasteiger charge is 2.22. The molecule has 1 saturated heterocycles. The molecule has 1 aromatic heterocycles. The van der Waals surface area contributed by atoms with Crippen LogP contribution in [0.2, 0.25) is 0 Å². The van der Waals surface area contributed by atoms with Gasteiger partial charge in [-0.25, -0.2) is 4.98 Å². The fraction of sp³-hybridized carbons (Fsp3) is 0.524. The van der Waals surface area contributed by atoms with Crippen LogP contribution in [0.3, 0.4) is 0 Å². The SMILES string of the molecule is Cc1cc2nc(N3CCC(CCCC(=O)OCC(N)=O)CC3)nc(N)c2cc1C. The molecule has 8 nitrogen and oxygen atoms in total. The first-order valence-corrected chi connectivity index (χ1v) is 10.1. The molecule has 1 amide bonds. The van der Waals surface area contributed by atoms with Crippen LogP contribution in [0, 0.1) is 19.8 Å². The minimum absolute atomic E-state index is 0.316. The monoisotopic (exact) mass is 399 g/mol. The molecule has 4 N–H and O–H groups in total.